The van der Waals surface area contributed by atoms with Gasteiger partial charge in [-0.15, -0.1) is 0 Å². The van der Waals surface area contributed by atoms with E-state index in [-0.39, 0.29) is 12.4 Å². The lowest BCUT2D eigenvalue weighted by molar-refractivity contribution is -0.136. The Kier molecular flexibility index (Phi) is 6.17. The number of sulfonamides is 1. The van der Waals surface area contributed by atoms with Gasteiger partial charge in [0.2, 0.25) is 10.0 Å². The minimum atomic E-state index is -3.35. The zero-order valence-corrected chi connectivity index (χ0v) is 17.2. The molecule has 7 heteroatoms. The van der Waals surface area contributed by atoms with Gasteiger partial charge in [-0.25, -0.2) is 13.2 Å². The molecule has 0 saturated heterocycles. The van der Waals surface area contributed by atoms with Crippen LogP contribution in [-0.2, 0) is 26.0 Å². The normalized spacial score (nSPS) is 13.9. The molecule has 1 aliphatic rings. The van der Waals surface area contributed by atoms with Crippen LogP contribution in [0.1, 0.15) is 33.5 Å². The number of carbonyl (C=O) groups is 2. The Balaban J connectivity index is 1.63. The smallest absolute Gasteiger partial charge is 0.331 e. The summed E-state index contributed by atoms with van der Waals surface area (Å²) in [7, 11) is -3.35. The van der Waals surface area contributed by atoms with Gasteiger partial charge in [0, 0.05) is 18.2 Å². The van der Waals surface area contributed by atoms with E-state index in [9.17, 15) is 18.0 Å². The van der Waals surface area contributed by atoms with Crippen LogP contribution in [0.15, 0.2) is 48.5 Å². The minimum Gasteiger partial charge on any atom is -0.454 e. The molecule has 0 spiro atoms. The maximum atomic E-state index is 12.4. The number of anilines is 1. The number of Topliss-reactive ketones (excluding diaryl/α,β-unsaturated/α-hetero) is 1. The Hall–Kier alpha value is -2.93. The second kappa shape index (κ2) is 8.61. The summed E-state index contributed by atoms with van der Waals surface area (Å²) in [6, 6.07) is 12.6. The van der Waals surface area contributed by atoms with Crippen molar-refractivity contribution in [2.75, 3.05) is 23.7 Å². The van der Waals surface area contributed by atoms with E-state index in [1.54, 1.807) is 24.3 Å². The molecule has 29 heavy (non-hydrogen) atoms. The number of fused-ring (bicyclic) bond motifs is 1. The summed E-state index contributed by atoms with van der Waals surface area (Å²) in [6.07, 6.45) is 5.49. The quantitative estimate of drug-likeness (QED) is 0.413. The number of hydrogen-bond acceptors (Lipinski definition) is 5. The third-order valence-electron chi connectivity index (χ3n) is 4.68. The van der Waals surface area contributed by atoms with Crippen LogP contribution in [-0.4, -0.2) is 39.6 Å². The summed E-state index contributed by atoms with van der Waals surface area (Å²) in [5.74, 6) is -0.928. The van der Waals surface area contributed by atoms with Gasteiger partial charge >= 0.3 is 5.97 Å². The number of hydrogen-bond donors (Lipinski definition) is 0. The molecule has 0 unspecified atom stereocenters. The summed E-state index contributed by atoms with van der Waals surface area (Å²) in [4.78, 5) is 24.3. The fourth-order valence-electron chi connectivity index (χ4n) is 3.29. The van der Waals surface area contributed by atoms with Crippen LogP contribution in [0.25, 0.3) is 6.08 Å². The van der Waals surface area contributed by atoms with Crippen molar-refractivity contribution >= 4 is 33.5 Å². The largest absolute Gasteiger partial charge is 0.454 e. The van der Waals surface area contributed by atoms with Gasteiger partial charge in [-0.3, -0.25) is 9.10 Å². The molecule has 6 nitrogen and oxygen atoms in total. The molecule has 1 heterocycles. The Morgan fingerprint density at radius 3 is 2.69 bits per heavy atom. The average molecular weight is 413 g/mol. The monoisotopic (exact) mass is 413 g/mol. The van der Waals surface area contributed by atoms with Crippen LogP contribution in [0.4, 0.5) is 5.69 Å². The van der Waals surface area contributed by atoms with E-state index in [0.29, 0.717) is 30.6 Å². The molecule has 0 bridgehead atoms. The lowest BCUT2D eigenvalue weighted by Gasteiger charge is -2.29. The van der Waals surface area contributed by atoms with Crippen LogP contribution in [0, 0.1) is 6.92 Å². The van der Waals surface area contributed by atoms with Crippen LogP contribution in [0.5, 0.6) is 0 Å². The van der Waals surface area contributed by atoms with Crippen LogP contribution in [0.3, 0.4) is 0 Å². The highest BCUT2D eigenvalue weighted by atomic mass is 32.2. The zero-order valence-electron chi connectivity index (χ0n) is 16.4. The van der Waals surface area contributed by atoms with E-state index in [0.717, 1.165) is 16.7 Å². The number of aryl methyl sites for hydroxylation is 2. The van der Waals surface area contributed by atoms with Crippen molar-refractivity contribution in [2.24, 2.45) is 0 Å². The van der Waals surface area contributed by atoms with Crippen molar-refractivity contribution in [1.82, 2.24) is 0 Å². The molecule has 0 radical (unpaired) electrons. The lowest BCUT2D eigenvalue weighted by Crippen LogP contribution is -2.34. The van der Waals surface area contributed by atoms with Crippen molar-refractivity contribution in [2.45, 2.75) is 19.8 Å². The number of rotatable bonds is 6. The third-order valence-corrected chi connectivity index (χ3v) is 5.86. The molecule has 152 valence electrons. The van der Waals surface area contributed by atoms with Gasteiger partial charge in [0.25, 0.3) is 0 Å². The van der Waals surface area contributed by atoms with E-state index < -0.39 is 16.0 Å². The maximum absolute atomic E-state index is 12.4. The number of ketones is 1. The number of esters is 1. The highest BCUT2D eigenvalue weighted by Gasteiger charge is 2.24. The number of ether oxygens (including phenoxy) is 1. The second-order valence-corrected chi connectivity index (χ2v) is 8.97. The Labute approximate surface area is 170 Å². The summed E-state index contributed by atoms with van der Waals surface area (Å²) >= 11 is 0. The molecular formula is C22H23NO5S. The van der Waals surface area contributed by atoms with Crippen molar-refractivity contribution in [3.63, 3.8) is 0 Å². The summed E-state index contributed by atoms with van der Waals surface area (Å²) in [5, 5.41) is 0. The molecular weight excluding hydrogens is 390 g/mol. The first-order valence-corrected chi connectivity index (χ1v) is 11.1. The fraction of sp³-hybridized carbons (Fsp3) is 0.273. The standard InChI is InChI=1S/C22H23NO5S/c1-16-5-3-6-17(13-16)8-11-22(25)28-15-21(24)19-9-10-20-18(14-19)7-4-12-23(20)29(2,26)27/h3,5-6,8-11,13-14H,4,7,12,15H2,1-2H3/b11-8+. The van der Waals surface area contributed by atoms with Gasteiger partial charge in [-0.1, -0.05) is 29.8 Å². The Bertz CT molecular complexity index is 1070. The van der Waals surface area contributed by atoms with E-state index >= 15 is 0 Å². The van der Waals surface area contributed by atoms with Crippen LogP contribution < -0.4 is 4.31 Å². The molecule has 0 saturated carbocycles. The van der Waals surface area contributed by atoms with Gasteiger partial charge in [-0.05, 0) is 55.2 Å². The molecule has 0 fully saturated rings. The van der Waals surface area contributed by atoms with Gasteiger partial charge in [-0.2, -0.15) is 0 Å². The average Bonchev–Trinajstić information content (AvgIpc) is 2.69. The van der Waals surface area contributed by atoms with Crippen molar-refractivity contribution in [1.29, 1.82) is 0 Å². The van der Waals surface area contributed by atoms with E-state index in [4.69, 9.17) is 4.74 Å². The first-order chi connectivity index (χ1) is 13.7. The third kappa shape index (κ3) is 5.32. The number of benzene rings is 2. The fourth-order valence-corrected chi connectivity index (χ4v) is 4.28. The second-order valence-electron chi connectivity index (χ2n) is 7.06. The number of nitrogens with zero attached hydrogens (tertiary/aromatic N) is 1. The molecule has 2 aromatic rings. The predicted molar refractivity (Wildman–Crippen MR) is 112 cm³/mol. The maximum Gasteiger partial charge on any atom is 0.331 e. The van der Waals surface area contributed by atoms with Gasteiger partial charge in [0.05, 0.1) is 11.9 Å². The summed E-state index contributed by atoms with van der Waals surface area (Å²) in [6.45, 7) is 2.03. The number of carbonyl (C=O) groups excluding carboxylic acids is 2. The van der Waals surface area contributed by atoms with E-state index in [2.05, 4.69) is 0 Å². The van der Waals surface area contributed by atoms with E-state index in [1.165, 1.54) is 16.6 Å². The Morgan fingerprint density at radius 2 is 1.97 bits per heavy atom. The minimum absolute atomic E-state index is 0.332. The summed E-state index contributed by atoms with van der Waals surface area (Å²) in [5.41, 5.74) is 3.76. The lowest BCUT2D eigenvalue weighted by atomic mass is 9.99. The van der Waals surface area contributed by atoms with Crippen molar-refractivity contribution < 1.29 is 22.7 Å². The van der Waals surface area contributed by atoms with Crippen molar-refractivity contribution in [3.05, 3.63) is 70.8 Å². The van der Waals surface area contributed by atoms with E-state index in [1.807, 2.05) is 31.2 Å². The molecule has 1 aliphatic heterocycles. The molecule has 2 aromatic carbocycles. The highest BCUT2D eigenvalue weighted by Crippen LogP contribution is 2.30. The molecule has 0 atom stereocenters. The molecule has 0 N–H and O–H groups in total. The van der Waals surface area contributed by atoms with Gasteiger partial charge < -0.3 is 4.74 Å². The van der Waals surface area contributed by atoms with Crippen molar-refractivity contribution in [3.8, 4) is 0 Å². The van der Waals surface area contributed by atoms with Crippen LogP contribution in [0.2, 0.25) is 0 Å². The van der Waals surface area contributed by atoms with Crippen LogP contribution >= 0.6 is 0 Å². The van der Waals surface area contributed by atoms with Gasteiger partial charge in [0.15, 0.2) is 12.4 Å². The Morgan fingerprint density at radius 1 is 1.17 bits per heavy atom. The van der Waals surface area contributed by atoms with Gasteiger partial charge in [0.1, 0.15) is 0 Å². The molecule has 0 aromatic heterocycles. The predicted octanol–water partition coefficient (Wildman–Crippen LogP) is 3.15. The molecule has 0 amide bonds. The SMILES string of the molecule is Cc1cccc(/C=C/C(=O)OCC(=O)c2ccc3c(c2)CCCN3S(C)(=O)=O)c1. The first kappa shape index (κ1) is 20.8. The summed E-state index contributed by atoms with van der Waals surface area (Å²) < 4.78 is 30.3. The highest BCUT2D eigenvalue weighted by molar-refractivity contribution is 7.92. The molecule has 3 rings (SSSR count). The first-order valence-electron chi connectivity index (χ1n) is 9.29. The molecule has 0 aliphatic carbocycles. The zero-order chi connectivity index (χ0) is 21.0. The topological polar surface area (TPSA) is 80.8 Å².